The average molecular weight is 334 g/mol. The highest BCUT2D eigenvalue weighted by Crippen LogP contribution is 2.44. The third-order valence-electron chi connectivity index (χ3n) is 4.49. The predicted molar refractivity (Wildman–Crippen MR) is 86.8 cm³/mol. The lowest BCUT2D eigenvalue weighted by Crippen LogP contribution is -2.30. The fourth-order valence-electron chi connectivity index (χ4n) is 3.33. The van der Waals surface area contributed by atoms with Gasteiger partial charge in [0.25, 0.3) is 0 Å². The van der Waals surface area contributed by atoms with Crippen LogP contribution in [0.1, 0.15) is 35.8 Å². The lowest BCUT2D eigenvalue weighted by molar-refractivity contribution is 0.0861. The Morgan fingerprint density at radius 3 is 2.96 bits per heavy atom. The van der Waals surface area contributed by atoms with Crippen LogP contribution in [0, 0.1) is 5.82 Å². The van der Waals surface area contributed by atoms with Crippen LogP contribution in [0.2, 0.25) is 5.02 Å². The molecule has 2 heterocycles. The molecule has 2 aliphatic heterocycles. The molecule has 2 aliphatic rings. The standard InChI is InChI=1S/C18H17ClFNO2/c1-10-17-11(6-7-21-10)2-5-15-18(17)23-16(9-22-15)13-4-3-12(19)8-14(13)20/h2-5,8,10,16,21H,6-7,9H2,1H3/t10?,16-/m1/s1. The number of halogens is 2. The van der Waals surface area contributed by atoms with Crippen molar-refractivity contribution < 1.29 is 13.9 Å². The Kier molecular flexibility index (Phi) is 3.66. The minimum absolute atomic E-state index is 0.186. The van der Waals surface area contributed by atoms with Crippen molar-refractivity contribution in [3.8, 4) is 11.5 Å². The largest absolute Gasteiger partial charge is 0.485 e. The minimum atomic E-state index is -0.472. The van der Waals surface area contributed by atoms with Gasteiger partial charge in [-0.05, 0) is 43.7 Å². The van der Waals surface area contributed by atoms with Crippen molar-refractivity contribution in [2.75, 3.05) is 13.2 Å². The van der Waals surface area contributed by atoms with E-state index in [0.717, 1.165) is 30.0 Å². The van der Waals surface area contributed by atoms with Gasteiger partial charge in [0.05, 0.1) is 0 Å². The third-order valence-corrected chi connectivity index (χ3v) is 4.72. The second kappa shape index (κ2) is 5.69. The summed E-state index contributed by atoms with van der Waals surface area (Å²) in [4.78, 5) is 0. The highest BCUT2D eigenvalue weighted by atomic mass is 35.5. The van der Waals surface area contributed by atoms with Gasteiger partial charge in [0.2, 0.25) is 0 Å². The van der Waals surface area contributed by atoms with E-state index in [0.29, 0.717) is 10.6 Å². The number of ether oxygens (including phenoxy) is 2. The van der Waals surface area contributed by atoms with Crippen molar-refractivity contribution in [3.05, 3.63) is 57.9 Å². The first-order chi connectivity index (χ1) is 11.1. The zero-order valence-corrected chi connectivity index (χ0v) is 13.5. The topological polar surface area (TPSA) is 30.5 Å². The molecule has 1 unspecified atom stereocenters. The number of benzene rings is 2. The minimum Gasteiger partial charge on any atom is -0.485 e. The van der Waals surface area contributed by atoms with Crippen molar-refractivity contribution in [1.29, 1.82) is 0 Å². The second-order valence-electron chi connectivity index (χ2n) is 5.97. The molecule has 23 heavy (non-hydrogen) atoms. The average Bonchev–Trinajstić information content (AvgIpc) is 2.54. The first kappa shape index (κ1) is 14.8. The first-order valence-corrected chi connectivity index (χ1v) is 8.15. The fourth-order valence-corrected chi connectivity index (χ4v) is 3.49. The molecule has 0 spiro atoms. The van der Waals surface area contributed by atoms with Gasteiger partial charge in [0.1, 0.15) is 12.4 Å². The van der Waals surface area contributed by atoms with E-state index < -0.39 is 6.10 Å². The van der Waals surface area contributed by atoms with Crippen molar-refractivity contribution in [3.63, 3.8) is 0 Å². The molecule has 0 radical (unpaired) electrons. The molecule has 0 saturated carbocycles. The maximum absolute atomic E-state index is 14.2. The smallest absolute Gasteiger partial charge is 0.167 e. The number of nitrogens with one attached hydrogen (secondary N) is 1. The summed E-state index contributed by atoms with van der Waals surface area (Å²) >= 11 is 5.83. The van der Waals surface area contributed by atoms with Gasteiger partial charge in [-0.2, -0.15) is 0 Å². The van der Waals surface area contributed by atoms with Crippen LogP contribution in [0.5, 0.6) is 11.5 Å². The lowest BCUT2D eigenvalue weighted by Gasteiger charge is -2.33. The number of fused-ring (bicyclic) bond motifs is 3. The maximum Gasteiger partial charge on any atom is 0.167 e. The molecule has 0 fully saturated rings. The predicted octanol–water partition coefficient (Wildman–Crippen LogP) is 4.20. The van der Waals surface area contributed by atoms with Crippen LogP contribution >= 0.6 is 11.6 Å². The summed E-state index contributed by atoms with van der Waals surface area (Å²) in [6.45, 7) is 3.34. The van der Waals surface area contributed by atoms with E-state index >= 15 is 0 Å². The van der Waals surface area contributed by atoms with Gasteiger partial charge in [-0.1, -0.05) is 23.7 Å². The van der Waals surface area contributed by atoms with Gasteiger partial charge in [0.15, 0.2) is 17.6 Å². The molecular weight excluding hydrogens is 317 g/mol. The summed E-state index contributed by atoms with van der Waals surface area (Å²) in [5, 5.41) is 3.81. The van der Waals surface area contributed by atoms with E-state index in [1.54, 1.807) is 12.1 Å². The van der Waals surface area contributed by atoms with Crippen molar-refractivity contribution in [2.45, 2.75) is 25.5 Å². The normalized spacial score (nSPS) is 22.6. The van der Waals surface area contributed by atoms with Gasteiger partial charge in [0, 0.05) is 22.2 Å². The Bertz CT molecular complexity index is 765. The van der Waals surface area contributed by atoms with Crippen LogP contribution < -0.4 is 14.8 Å². The van der Waals surface area contributed by atoms with E-state index in [1.165, 1.54) is 11.6 Å². The molecule has 0 bridgehead atoms. The Balaban J connectivity index is 1.74. The molecule has 4 rings (SSSR count). The molecule has 5 heteroatoms. The van der Waals surface area contributed by atoms with Gasteiger partial charge in [-0.25, -0.2) is 4.39 Å². The van der Waals surface area contributed by atoms with Crippen LogP contribution in [0.3, 0.4) is 0 Å². The molecular formula is C18H17ClFNO2. The van der Waals surface area contributed by atoms with Crippen molar-refractivity contribution >= 4 is 11.6 Å². The molecule has 3 nitrogen and oxygen atoms in total. The van der Waals surface area contributed by atoms with E-state index in [4.69, 9.17) is 21.1 Å². The summed E-state index contributed by atoms with van der Waals surface area (Å²) in [7, 11) is 0. The molecule has 1 N–H and O–H groups in total. The second-order valence-corrected chi connectivity index (χ2v) is 6.41. The van der Waals surface area contributed by atoms with Crippen molar-refractivity contribution in [1.82, 2.24) is 5.32 Å². The number of hydrogen-bond acceptors (Lipinski definition) is 3. The molecule has 2 aromatic carbocycles. The van der Waals surface area contributed by atoms with Crippen LogP contribution in [0.4, 0.5) is 4.39 Å². The monoisotopic (exact) mass is 333 g/mol. The van der Waals surface area contributed by atoms with E-state index in [1.807, 2.05) is 6.07 Å². The fraction of sp³-hybridized carbons (Fsp3) is 0.333. The van der Waals surface area contributed by atoms with Crippen LogP contribution in [-0.4, -0.2) is 13.2 Å². The van der Waals surface area contributed by atoms with Crippen molar-refractivity contribution in [2.24, 2.45) is 0 Å². The molecule has 0 saturated heterocycles. The van der Waals surface area contributed by atoms with Crippen LogP contribution in [0.25, 0.3) is 0 Å². The molecule has 2 aromatic rings. The summed E-state index contributed by atoms with van der Waals surface area (Å²) < 4.78 is 26.2. The van der Waals surface area contributed by atoms with Gasteiger partial charge >= 0.3 is 0 Å². The van der Waals surface area contributed by atoms with Gasteiger partial charge in [-0.3, -0.25) is 0 Å². The Morgan fingerprint density at radius 2 is 2.13 bits per heavy atom. The SMILES string of the molecule is CC1NCCc2ccc3c(c21)O[C@@H](c1ccc(Cl)cc1F)CO3. The summed E-state index contributed by atoms with van der Waals surface area (Å²) in [6, 6.07) is 8.86. The highest BCUT2D eigenvalue weighted by Gasteiger charge is 2.31. The molecule has 120 valence electrons. The molecule has 0 aliphatic carbocycles. The summed E-state index contributed by atoms with van der Waals surface area (Å²) in [5.41, 5.74) is 2.85. The van der Waals surface area contributed by atoms with E-state index in [-0.39, 0.29) is 18.5 Å². The van der Waals surface area contributed by atoms with Crippen LogP contribution in [0.15, 0.2) is 30.3 Å². The number of rotatable bonds is 1. The zero-order valence-electron chi connectivity index (χ0n) is 12.7. The van der Waals surface area contributed by atoms with Gasteiger partial charge < -0.3 is 14.8 Å². The summed E-state index contributed by atoms with van der Waals surface area (Å²) in [5.74, 6) is 1.09. The van der Waals surface area contributed by atoms with E-state index in [9.17, 15) is 4.39 Å². The number of hydrogen-bond donors (Lipinski definition) is 1. The molecule has 0 amide bonds. The molecule has 2 atom stereocenters. The summed E-state index contributed by atoms with van der Waals surface area (Å²) in [6.07, 6.45) is 0.483. The van der Waals surface area contributed by atoms with E-state index in [2.05, 4.69) is 18.3 Å². The van der Waals surface area contributed by atoms with Gasteiger partial charge in [-0.15, -0.1) is 0 Å². The highest BCUT2D eigenvalue weighted by molar-refractivity contribution is 6.30. The lowest BCUT2D eigenvalue weighted by atomic mass is 9.93. The molecule has 0 aromatic heterocycles. The first-order valence-electron chi connectivity index (χ1n) is 7.77. The third kappa shape index (κ3) is 2.56. The quantitative estimate of drug-likeness (QED) is 0.848. The Hall–Kier alpha value is -1.78. The maximum atomic E-state index is 14.2. The van der Waals surface area contributed by atoms with Crippen LogP contribution in [-0.2, 0) is 6.42 Å². The Labute approximate surface area is 139 Å². The Morgan fingerprint density at radius 1 is 1.26 bits per heavy atom. The zero-order chi connectivity index (χ0) is 16.0.